The van der Waals surface area contributed by atoms with Gasteiger partial charge in [0.1, 0.15) is 6.54 Å². The molecule has 1 saturated heterocycles. The molecule has 0 bridgehead atoms. The predicted molar refractivity (Wildman–Crippen MR) is 111 cm³/mol. The van der Waals surface area contributed by atoms with Crippen LogP contribution in [0.15, 0.2) is 23.5 Å². The van der Waals surface area contributed by atoms with Gasteiger partial charge in [0, 0.05) is 51.7 Å². The Morgan fingerprint density at radius 3 is 2.50 bits per heavy atom. The zero-order valence-electron chi connectivity index (χ0n) is 17.1. The number of nitrogens with one attached hydrogen (secondary N) is 2. The second-order valence-corrected chi connectivity index (χ2v) is 7.91. The summed E-state index contributed by atoms with van der Waals surface area (Å²) in [5, 5.41) is 7.14. The van der Waals surface area contributed by atoms with Crippen LogP contribution in [0.4, 0.5) is 5.95 Å². The van der Waals surface area contributed by atoms with E-state index < -0.39 is 0 Å². The lowest BCUT2D eigenvalue weighted by molar-refractivity contribution is -0.127. The maximum Gasteiger partial charge on any atom is 0.243 e. The number of carbonyl (C=O) groups is 1. The van der Waals surface area contributed by atoms with Crippen molar-refractivity contribution < 1.29 is 4.79 Å². The molecule has 1 aromatic rings. The Balaban J connectivity index is 1.63. The second-order valence-electron chi connectivity index (χ2n) is 7.91. The van der Waals surface area contributed by atoms with E-state index in [2.05, 4.69) is 30.5 Å². The van der Waals surface area contributed by atoms with E-state index in [1.54, 1.807) is 31.4 Å². The number of nitrogens with zero attached hydrogens (tertiary/aromatic N) is 5. The van der Waals surface area contributed by atoms with Crippen LogP contribution in [0.5, 0.6) is 0 Å². The maximum absolute atomic E-state index is 12.0. The molecule has 1 aliphatic heterocycles. The Morgan fingerprint density at radius 2 is 1.79 bits per heavy atom. The summed E-state index contributed by atoms with van der Waals surface area (Å²) in [6, 6.07) is 2.53. The Bertz CT molecular complexity index is 643. The van der Waals surface area contributed by atoms with Gasteiger partial charge in [0.25, 0.3) is 0 Å². The minimum atomic E-state index is 0.00713. The highest BCUT2D eigenvalue weighted by atomic mass is 16.2. The highest BCUT2D eigenvalue weighted by Gasteiger charge is 2.23. The van der Waals surface area contributed by atoms with Crippen LogP contribution >= 0.6 is 0 Å². The van der Waals surface area contributed by atoms with Crippen LogP contribution < -0.4 is 15.5 Å². The molecule has 2 heterocycles. The molecule has 3 rings (SSSR count). The van der Waals surface area contributed by atoms with Gasteiger partial charge in [0.2, 0.25) is 11.9 Å². The van der Waals surface area contributed by atoms with Gasteiger partial charge >= 0.3 is 0 Å². The van der Waals surface area contributed by atoms with Crippen molar-refractivity contribution in [1.82, 2.24) is 25.5 Å². The van der Waals surface area contributed by atoms with Crippen molar-refractivity contribution in [2.24, 2.45) is 4.99 Å². The first-order chi connectivity index (χ1) is 13.6. The molecule has 28 heavy (non-hydrogen) atoms. The highest BCUT2D eigenvalue weighted by molar-refractivity contribution is 5.85. The Hall–Kier alpha value is -2.38. The molecule has 1 saturated carbocycles. The molecule has 1 aromatic heterocycles. The summed E-state index contributed by atoms with van der Waals surface area (Å²) >= 11 is 0. The van der Waals surface area contributed by atoms with Crippen molar-refractivity contribution in [3.63, 3.8) is 0 Å². The first-order valence-electron chi connectivity index (χ1n) is 10.4. The van der Waals surface area contributed by atoms with Gasteiger partial charge in [-0.25, -0.2) is 15.0 Å². The number of aliphatic imine (C=N–C) groups is 1. The third-order valence-electron chi connectivity index (χ3n) is 5.41. The van der Waals surface area contributed by atoms with Gasteiger partial charge in [0.05, 0.1) is 0 Å². The molecular formula is C20H33N7O. The van der Waals surface area contributed by atoms with Crippen molar-refractivity contribution in [2.75, 3.05) is 38.6 Å². The molecule has 1 atom stereocenters. The minimum absolute atomic E-state index is 0.00713. The first-order valence-corrected chi connectivity index (χ1v) is 10.4. The summed E-state index contributed by atoms with van der Waals surface area (Å²) in [6.07, 6.45) is 11.8. The molecule has 0 radical (unpaired) electrons. The molecule has 8 nitrogen and oxygen atoms in total. The molecule has 1 aliphatic carbocycles. The van der Waals surface area contributed by atoms with Crippen molar-refractivity contribution in [3.05, 3.63) is 18.5 Å². The molecule has 0 aromatic carbocycles. The van der Waals surface area contributed by atoms with E-state index in [4.69, 9.17) is 0 Å². The zero-order valence-corrected chi connectivity index (χ0v) is 17.1. The quantitative estimate of drug-likeness (QED) is 0.587. The first kappa shape index (κ1) is 20.4. The van der Waals surface area contributed by atoms with Crippen LogP contribution in [0, 0.1) is 0 Å². The minimum Gasteiger partial charge on any atom is -0.354 e. The summed E-state index contributed by atoms with van der Waals surface area (Å²) in [5.74, 6) is 1.53. The van der Waals surface area contributed by atoms with Crippen molar-refractivity contribution >= 4 is 17.8 Å². The van der Waals surface area contributed by atoms with Gasteiger partial charge in [-0.3, -0.25) is 4.79 Å². The predicted octanol–water partition coefficient (Wildman–Crippen LogP) is 1.40. The Morgan fingerprint density at radius 1 is 1.11 bits per heavy atom. The van der Waals surface area contributed by atoms with Gasteiger partial charge in [-0.1, -0.05) is 19.3 Å². The van der Waals surface area contributed by atoms with Crippen LogP contribution in [0.2, 0.25) is 0 Å². The second kappa shape index (κ2) is 10.2. The summed E-state index contributed by atoms with van der Waals surface area (Å²) in [4.78, 5) is 29.1. The van der Waals surface area contributed by atoms with Gasteiger partial charge in [0.15, 0.2) is 5.96 Å². The number of carbonyl (C=O) groups excluding carboxylic acids is 1. The van der Waals surface area contributed by atoms with Crippen LogP contribution in [0.25, 0.3) is 0 Å². The Kier molecular flexibility index (Phi) is 7.45. The smallest absolute Gasteiger partial charge is 0.243 e. The number of hydrogen-bond acceptors (Lipinski definition) is 5. The lowest BCUT2D eigenvalue weighted by Crippen LogP contribution is -2.53. The number of amides is 1. The van der Waals surface area contributed by atoms with E-state index in [1.807, 2.05) is 6.07 Å². The number of anilines is 1. The van der Waals surface area contributed by atoms with E-state index in [0.717, 1.165) is 50.7 Å². The molecule has 1 unspecified atom stereocenters. The van der Waals surface area contributed by atoms with E-state index in [-0.39, 0.29) is 18.5 Å². The molecule has 0 spiro atoms. The fourth-order valence-corrected chi connectivity index (χ4v) is 3.79. The van der Waals surface area contributed by atoms with Crippen molar-refractivity contribution in [2.45, 2.75) is 57.0 Å². The SMILES string of the molecule is CN(C)C(=O)CN=C(NC1CCCCC1)NC1CCCN(c2ncccn2)C1. The fraction of sp³-hybridized carbons (Fsp3) is 0.700. The number of guanidine groups is 1. The normalized spacial score (nSPS) is 21.3. The van der Waals surface area contributed by atoms with E-state index >= 15 is 0 Å². The molecule has 2 aliphatic rings. The summed E-state index contributed by atoms with van der Waals surface area (Å²) in [7, 11) is 3.52. The molecular weight excluding hydrogens is 354 g/mol. The fourth-order valence-electron chi connectivity index (χ4n) is 3.79. The summed E-state index contributed by atoms with van der Waals surface area (Å²) in [5.41, 5.74) is 0. The van der Waals surface area contributed by atoms with Gasteiger partial charge < -0.3 is 20.4 Å². The molecule has 1 amide bonds. The number of piperidine rings is 1. The Labute approximate surface area is 167 Å². The van der Waals surface area contributed by atoms with E-state index in [0.29, 0.717) is 6.04 Å². The van der Waals surface area contributed by atoms with Crippen LogP contribution in [0.1, 0.15) is 44.9 Å². The number of aromatic nitrogens is 2. The summed E-state index contributed by atoms with van der Waals surface area (Å²) < 4.78 is 0. The highest BCUT2D eigenvalue weighted by Crippen LogP contribution is 2.18. The van der Waals surface area contributed by atoms with Crippen LogP contribution in [-0.4, -0.2) is 72.5 Å². The monoisotopic (exact) mass is 387 g/mol. The average molecular weight is 388 g/mol. The maximum atomic E-state index is 12.0. The number of likely N-dealkylation sites (N-methyl/N-ethyl adjacent to an activating group) is 1. The van der Waals surface area contributed by atoms with Crippen molar-refractivity contribution in [3.8, 4) is 0 Å². The average Bonchev–Trinajstić information content (AvgIpc) is 2.73. The van der Waals surface area contributed by atoms with Gasteiger partial charge in [-0.05, 0) is 31.7 Å². The molecule has 8 heteroatoms. The molecule has 154 valence electrons. The lowest BCUT2D eigenvalue weighted by Gasteiger charge is -2.34. The van der Waals surface area contributed by atoms with E-state index in [1.165, 1.54) is 19.3 Å². The third kappa shape index (κ3) is 6.07. The van der Waals surface area contributed by atoms with Crippen LogP contribution in [-0.2, 0) is 4.79 Å². The summed E-state index contributed by atoms with van der Waals surface area (Å²) in [6.45, 7) is 1.95. The van der Waals surface area contributed by atoms with Crippen LogP contribution in [0.3, 0.4) is 0 Å². The zero-order chi connectivity index (χ0) is 19.8. The topological polar surface area (TPSA) is 85.8 Å². The number of rotatable bonds is 5. The molecule has 2 N–H and O–H groups in total. The largest absolute Gasteiger partial charge is 0.354 e. The van der Waals surface area contributed by atoms with Crippen molar-refractivity contribution in [1.29, 1.82) is 0 Å². The molecule has 2 fully saturated rings. The lowest BCUT2D eigenvalue weighted by atomic mass is 9.96. The van der Waals surface area contributed by atoms with Gasteiger partial charge in [-0.15, -0.1) is 0 Å². The van der Waals surface area contributed by atoms with E-state index in [9.17, 15) is 4.79 Å². The number of hydrogen-bond donors (Lipinski definition) is 2. The third-order valence-corrected chi connectivity index (χ3v) is 5.41. The standard InChI is InChI=1S/C20H33N7O/c1-26(2)18(28)14-23-19(24-16-8-4-3-5-9-16)25-17-10-6-13-27(15-17)20-21-11-7-12-22-20/h7,11-12,16-17H,3-6,8-10,13-15H2,1-2H3,(H2,23,24,25). The van der Waals surface area contributed by atoms with Gasteiger partial charge in [-0.2, -0.15) is 0 Å².